The van der Waals surface area contributed by atoms with E-state index in [1.165, 1.54) is 11.8 Å². The standard InChI is InChI=1S/C15H19NO2S/c1-15(2,3)19-13(17)9-12-10-18-14(16-12)11-7-5-4-6-8-11/h4-8,12H,9-10H2,1-3H3/t12-/m0/s1. The van der Waals surface area contributed by atoms with Crippen LogP contribution in [-0.2, 0) is 9.53 Å². The van der Waals surface area contributed by atoms with E-state index in [0.29, 0.717) is 18.9 Å². The van der Waals surface area contributed by atoms with E-state index in [1.54, 1.807) is 0 Å². The van der Waals surface area contributed by atoms with Crippen molar-refractivity contribution < 1.29 is 9.53 Å². The molecule has 1 heterocycles. The maximum absolute atomic E-state index is 11.9. The van der Waals surface area contributed by atoms with Crippen LogP contribution in [0, 0.1) is 0 Å². The summed E-state index contributed by atoms with van der Waals surface area (Å²) in [5.74, 6) is 0.652. The van der Waals surface area contributed by atoms with Gasteiger partial charge in [-0.15, -0.1) is 0 Å². The highest BCUT2D eigenvalue weighted by Gasteiger charge is 2.25. The molecule has 3 nitrogen and oxygen atoms in total. The number of hydrogen-bond acceptors (Lipinski definition) is 4. The zero-order valence-electron chi connectivity index (χ0n) is 11.6. The van der Waals surface area contributed by atoms with E-state index in [-0.39, 0.29) is 15.9 Å². The first-order valence-corrected chi connectivity index (χ1v) is 7.23. The molecule has 4 heteroatoms. The highest BCUT2D eigenvalue weighted by molar-refractivity contribution is 8.14. The number of aliphatic imine (C=N–C) groups is 1. The molecular weight excluding hydrogens is 258 g/mol. The Balaban J connectivity index is 1.94. The fraction of sp³-hybridized carbons (Fsp3) is 0.467. The van der Waals surface area contributed by atoms with Gasteiger partial charge in [0.15, 0.2) is 5.12 Å². The second-order valence-corrected chi connectivity index (χ2v) is 7.44. The van der Waals surface area contributed by atoms with Crippen molar-refractivity contribution in [2.45, 2.75) is 38.0 Å². The summed E-state index contributed by atoms with van der Waals surface area (Å²) in [7, 11) is 0. The van der Waals surface area contributed by atoms with Gasteiger partial charge in [-0.05, 0) is 12.1 Å². The predicted molar refractivity (Wildman–Crippen MR) is 79.7 cm³/mol. The summed E-state index contributed by atoms with van der Waals surface area (Å²) in [6.07, 6.45) is 0.443. The van der Waals surface area contributed by atoms with Gasteiger partial charge < -0.3 is 4.74 Å². The molecule has 1 aromatic carbocycles. The van der Waals surface area contributed by atoms with Crippen LogP contribution in [0.25, 0.3) is 0 Å². The van der Waals surface area contributed by atoms with Crippen LogP contribution < -0.4 is 0 Å². The lowest BCUT2D eigenvalue weighted by molar-refractivity contribution is -0.111. The summed E-state index contributed by atoms with van der Waals surface area (Å²) in [5, 5.41) is 0.180. The van der Waals surface area contributed by atoms with E-state index in [1.807, 2.05) is 51.1 Å². The average molecular weight is 277 g/mol. The third-order valence-electron chi connectivity index (χ3n) is 2.56. The molecule has 19 heavy (non-hydrogen) atoms. The van der Waals surface area contributed by atoms with Gasteiger partial charge in [0.25, 0.3) is 0 Å². The summed E-state index contributed by atoms with van der Waals surface area (Å²) in [6, 6.07) is 9.75. The van der Waals surface area contributed by atoms with Crippen LogP contribution in [0.3, 0.4) is 0 Å². The topological polar surface area (TPSA) is 38.7 Å². The Labute approximate surface area is 118 Å². The molecule has 1 aromatic rings. The number of benzene rings is 1. The lowest BCUT2D eigenvalue weighted by Crippen LogP contribution is -2.16. The van der Waals surface area contributed by atoms with Crippen LogP contribution in [0.4, 0.5) is 0 Å². The monoisotopic (exact) mass is 277 g/mol. The molecule has 0 N–H and O–H groups in total. The number of ether oxygens (including phenoxy) is 1. The van der Waals surface area contributed by atoms with Crippen LogP contribution in [-0.4, -0.2) is 28.4 Å². The molecule has 0 aliphatic carbocycles. The van der Waals surface area contributed by atoms with Crippen LogP contribution in [0.2, 0.25) is 0 Å². The largest absolute Gasteiger partial charge is 0.475 e. The summed E-state index contributed by atoms with van der Waals surface area (Å²) in [5.41, 5.74) is 0.973. The van der Waals surface area contributed by atoms with Gasteiger partial charge >= 0.3 is 0 Å². The average Bonchev–Trinajstić information content (AvgIpc) is 2.76. The molecule has 0 unspecified atom stereocenters. The lowest BCUT2D eigenvalue weighted by atomic mass is 10.2. The first kappa shape index (κ1) is 14.1. The van der Waals surface area contributed by atoms with Gasteiger partial charge in [-0.3, -0.25) is 4.79 Å². The van der Waals surface area contributed by atoms with Gasteiger partial charge in [-0.25, -0.2) is 4.99 Å². The molecule has 2 rings (SSSR count). The van der Waals surface area contributed by atoms with Crippen molar-refractivity contribution in [1.29, 1.82) is 0 Å². The third kappa shape index (κ3) is 4.39. The van der Waals surface area contributed by atoms with Crippen LogP contribution >= 0.6 is 11.8 Å². The van der Waals surface area contributed by atoms with Gasteiger partial charge in [0, 0.05) is 16.7 Å². The molecule has 0 spiro atoms. The zero-order valence-corrected chi connectivity index (χ0v) is 12.4. The fourth-order valence-electron chi connectivity index (χ4n) is 1.83. The lowest BCUT2D eigenvalue weighted by Gasteiger charge is -2.16. The normalized spacial score (nSPS) is 18.9. The third-order valence-corrected chi connectivity index (χ3v) is 3.56. The molecule has 0 radical (unpaired) electrons. The van der Waals surface area contributed by atoms with Crippen molar-refractivity contribution >= 4 is 22.8 Å². The van der Waals surface area contributed by atoms with Gasteiger partial charge in [0.05, 0.1) is 6.04 Å². The maximum atomic E-state index is 11.9. The van der Waals surface area contributed by atoms with E-state index in [4.69, 9.17) is 4.74 Å². The number of hydrogen-bond donors (Lipinski definition) is 0. The maximum Gasteiger partial charge on any atom is 0.216 e. The highest BCUT2D eigenvalue weighted by Crippen LogP contribution is 2.27. The van der Waals surface area contributed by atoms with Crippen molar-refractivity contribution in [3.8, 4) is 0 Å². The molecule has 102 valence electrons. The zero-order chi connectivity index (χ0) is 13.9. The Kier molecular flexibility index (Phi) is 4.30. The van der Waals surface area contributed by atoms with Crippen molar-refractivity contribution in [1.82, 2.24) is 0 Å². The minimum Gasteiger partial charge on any atom is -0.475 e. The Bertz CT molecular complexity index is 477. The number of carbonyl (C=O) groups is 1. The molecule has 1 atom stereocenters. The van der Waals surface area contributed by atoms with E-state index >= 15 is 0 Å². The quantitative estimate of drug-likeness (QED) is 0.851. The number of carbonyl (C=O) groups excluding carboxylic acids is 1. The van der Waals surface area contributed by atoms with E-state index in [0.717, 1.165) is 5.56 Å². The smallest absolute Gasteiger partial charge is 0.216 e. The van der Waals surface area contributed by atoms with Gasteiger partial charge in [-0.1, -0.05) is 50.7 Å². The molecule has 1 aliphatic rings. The second kappa shape index (κ2) is 5.78. The van der Waals surface area contributed by atoms with Gasteiger partial charge in [0.2, 0.25) is 5.90 Å². The number of nitrogens with zero attached hydrogens (tertiary/aromatic N) is 1. The molecule has 0 saturated carbocycles. The Hall–Kier alpha value is -1.29. The van der Waals surface area contributed by atoms with Crippen molar-refractivity contribution in [3.05, 3.63) is 35.9 Å². The summed E-state index contributed by atoms with van der Waals surface area (Å²) in [6.45, 7) is 6.62. The highest BCUT2D eigenvalue weighted by atomic mass is 32.2. The van der Waals surface area contributed by atoms with Crippen molar-refractivity contribution in [3.63, 3.8) is 0 Å². The van der Waals surface area contributed by atoms with Crippen LogP contribution in [0.5, 0.6) is 0 Å². The Morgan fingerprint density at radius 2 is 2.05 bits per heavy atom. The molecular formula is C15H19NO2S. The molecule has 0 amide bonds. The minimum absolute atomic E-state index is 0.0392. The van der Waals surface area contributed by atoms with E-state index in [9.17, 15) is 4.79 Å². The van der Waals surface area contributed by atoms with Crippen molar-refractivity contribution in [2.75, 3.05) is 6.61 Å². The first-order chi connectivity index (χ1) is 8.94. The Morgan fingerprint density at radius 3 is 2.68 bits per heavy atom. The number of thioether (sulfide) groups is 1. The first-order valence-electron chi connectivity index (χ1n) is 6.42. The molecule has 1 aliphatic heterocycles. The minimum atomic E-state index is -0.0439. The van der Waals surface area contributed by atoms with Gasteiger partial charge in [-0.2, -0.15) is 0 Å². The van der Waals surface area contributed by atoms with E-state index < -0.39 is 0 Å². The molecule has 0 saturated heterocycles. The summed E-state index contributed by atoms with van der Waals surface area (Å²) >= 11 is 1.38. The summed E-state index contributed by atoms with van der Waals surface area (Å²) in [4.78, 5) is 16.4. The number of rotatable bonds is 3. The van der Waals surface area contributed by atoms with Crippen molar-refractivity contribution in [2.24, 2.45) is 4.99 Å². The van der Waals surface area contributed by atoms with E-state index in [2.05, 4.69) is 4.99 Å². The fourth-order valence-corrected chi connectivity index (χ4v) is 2.79. The van der Waals surface area contributed by atoms with Crippen LogP contribution in [0.15, 0.2) is 35.3 Å². The SMILES string of the molecule is CC(C)(C)SC(=O)C[C@H]1COC(c2ccccc2)=N1. The molecule has 0 fully saturated rings. The van der Waals surface area contributed by atoms with Crippen LogP contribution in [0.1, 0.15) is 32.8 Å². The van der Waals surface area contributed by atoms with Gasteiger partial charge in [0.1, 0.15) is 6.61 Å². The summed E-state index contributed by atoms with van der Waals surface area (Å²) < 4.78 is 5.53. The Morgan fingerprint density at radius 1 is 1.37 bits per heavy atom. The molecule has 0 aromatic heterocycles. The second-order valence-electron chi connectivity index (χ2n) is 5.56. The predicted octanol–water partition coefficient (Wildman–Crippen LogP) is 3.28. The molecule has 0 bridgehead atoms.